The van der Waals surface area contributed by atoms with Crippen LogP contribution in [0.15, 0.2) is 35.1 Å². The van der Waals surface area contributed by atoms with Crippen molar-refractivity contribution in [1.29, 1.82) is 0 Å². The lowest BCUT2D eigenvalue weighted by Gasteiger charge is -2.29. The quantitative estimate of drug-likeness (QED) is 0.747. The Morgan fingerprint density at radius 2 is 1.93 bits per heavy atom. The van der Waals surface area contributed by atoms with Gasteiger partial charge in [0.05, 0.1) is 0 Å². The molecule has 0 unspecified atom stereocenters. The molecule has 0 saturated heterocycles. The van der Waals surface area contributed by atoms with Crippen LogP contribution in [0.1, 0.15) is 64.2 Å². The molecule has 6 heteroatoms. The lowest BCUT2D eigenvalue weighted by Crippen LogP contribution is -2.36. The number of aromatic amines is 1. The summed E-state index contributed by atoms with van der Waals surface area (Å²) in [5.41, 5.74) is 3.34. The van der Waals surface area contributed by atoms with E-state index in [2.05, 4.69) is 39.5 Å². The summed E-state index contributed by atoms with van der Waals surface area (Å²) in [4.78, 5) is 42.6. The van der Waals surface area contributed by atoms with Crippen LogP contribution >= 0.6 is 0 Å². The van der Waals surface area contributed by atoms with Crippen LogP contribution in [-0.2, 0) is 19.4 Å². The van der Waals surface area contributed by atoms with Crippen molar-refractivity contribution in [3.05, 3.63) is 68.6 Å². The van der Waals surface area contributed by atoms with E-state index in [0.29, 0.717) is 30.6 Å². The molecular formula is C24H29N3O3. The highest BCUT2D eigenvalue weighted by Crippen LogP contribution is 2.33. The van der Waals surface area contributed by atoms with E-state index in [1.54, 1.807) is 0 Å². The minimum Gasteiger partial charge on any atom is -0.352 e. The Balaban J connectivity index is 1.32. The number of Topliss-reactive ketones (excluding diaryl/α,β-unsaturated/α-hetero) is 1. The number of carbonyl (C=O) groups excluding carboxylic acids is 2. The summed E-state index contributed by atoms with van der Waals surface area (Å²) < 4.78 is 0. The molecule has 6 nitrogen and oxygen atoms in total. The summed E-state index contributed by atoms with van der Waals surface area (Å²) in [5.74, 6) is -0.433. The fourth-order valence-electron chi connectivity index (χ4n) is 4.54. The second-order valence-electron chi connectivity index (χ2n) is 9.25. The van der Waals surface area contributed by atoms with Crippen LogP contribution in [0.25, 0.3) is 0 Å². The van der Waals surface area contributed by atoms with Gasteiger partial charge in [-0.3, -0.25) is 19.3 Å². The molecule has 2 heterocycles. The molecule has 1 aliphatic heterocycles. The second kappa shape index (κ2) is 8.19. The van der Waals surface area contributed by atoms with Crippen LogP contribution < -0.4 is 10.9 Å². The predicted molar refractivity (Wildman–Crippen MR) is 116 cm³/mol. The Morgan fingerprint density at radius 1 is 1.17 bits per heavy atom. The fraction of sp³-hybridized carbons (Fsp3) is 0.458. The summed E-state index contributed by atoms with van der Waals surface area (Å²) in [6.07, 6.45) is 2.91. The molecule has 30 heavy (non-hydrogen) atoms. The van der Waals surface area contributed by atoms with E-state index < -0.39 is 11.5 Å². The van der Waals surface area contributed by atoms with Crippen molar-refractivity contribution in [2.24, 2.45) is 5.41 Å². The zero-order valence-corrected chi connectivity index (χ0v) is 17.7. The van der Waals surface area contributed by atoms with E-state index in [-0.39, 0.29) is 16.8 Å². The lowest BCUT2D eigenvalue weighted by atomic mass is 9.75. The average Bonchev–Trinajstić information content (AvgIpc) is 2.69. The van der Waals surface area contributed by atoms with Crippen molar-refractivity contribution >= 4 is 11.7 Å². The van der Waals surface area contributed by atoms with Gasteiger partial charge in [-0.15, -0.1) is 0 Å². The highest BCUT2D eigenvalue weighted by Gasteiger charge is 2.32. The molecule has 1 aliphatic carbocycles. The summed E-state index contributed by atoms with van der Waals surface area (Å²) in [7, 11) is 0. The Morgan fingerprint density at radius 3 is 2.73 bits per heavy atom. The normalized spacial score (nSPS) is 17.9. The maximum absolute atomic E-state index is 12.5. The summed E-state index contributed by atoms with van der Waals surface area (Å²) in [5, 5.41) is 2.84. The zero-order chi connectivity index (χ0) is 21.3. The van der Waals surface area contributed by atoms with Gasteiger partial charge < -0.3 is 10.3 Å². The van der Waals surface area contributed by atoms with Gasteiger partial charge in [-0.2, -0.15) is 0 Å². The first-order valence-corrected chi connectivity index (χ1v) is 10.7. The predicted octanol–water partition coefficient (Wildman–Crippen LogP) is 2.71. The monoisotopic (exact) mass is 407 g/mol. The summed E-state index contributed by atoms with van der Waals surface area (Å²) in [6.45, 7) is 7.36. The van der Waals surface area contributed by atoms with Crippen LogP contribution in [0.4, 0.5) is 0 Å². The molecule has 2 N–H and O–H groups in total. The largest absolute Gasteiger partial charge is 0.352 e. The maximum atomic E-state index is 12.5. The van der Waals surface area contributed by atoms with Gasteiger partial charge in [0, 0.05) is 43.9 Å². The van der Waals surface area contributed by atoms with Crippen molar-refractivity contribution in [2.75, 3.05) is 19.6 Å². The highest BCUT2D eigenvalue weighted by atomic mass is 16.2. The van der Waals surface area contributed by atoms with E-state index in [4.69, 9.17) is 0 Å². The van der Waals surface area contributed by atoms with Crippen LogP contribution in [0.2, 0.25) is 0 Å². The van der Waals surface area contributed by atoms with Crippen molar-refractivity contribution < 1.29 is 9.59 Å². The van der Waals surface area contributed by atoms with Gasteiger partial charge in [0.15, 0.2) is 5.78 Å². The zero-order valence-electron chi connectivity index (χ0n) is 17.7. The van der Waals surface area contributed by atoms with Crippen LogP contribution in [0, 0.1) is 5.41 Å². The molecule has 1 aromatic heterocycles. The minimum atomic E-state index is -0.426. The number of ketones is 1. The Labute approximate surface area is 176 Å². The number of amides is 1. The number of hydrogen-bond acceptors (Lipinski definition) is 4. The third-order valence-electron chi connectivity index (χ3n) is 6.11. The van der Waals surface area contributed by atoms with E-state index in [0.717, 1.165) is 32.5 Å². The molecule has 2 aliphatic rings. The third-order valence-corrected chi connectivity index (χ3v) is 6.11. The van der Waals surface area contributed by atoms with Gasteiger partial charge in [0.1, 0.15) is 5.56 Å². The number of pyridine rings is 1. The van der Waals surface area contributed by atoms with Crippen molar-refractivity contribution in [3.8, 4) is 0 Å². The third kappa shape index (κ3) is 4.38. The number of benzene rings is 1. The number of hydrogen-bond donors (Lipinski definition) is 2. The number of carbonyl (C=O) groups is 2. The van der Waals surface area contributed by atoms with Gasteiger partial charge in [0.25, 0.3) is 11.5 Å². The second-order valence-corrected chi connectivity index (χ2v) is 9.25. The first kappa shape index (κ1) is 20.5. The fourth-order valence-corrected chi connectivity index (χ4v) is 4.54. The van der Waals surface area contributed by atoms with Crippen molar-refractivity contribution in [1.82, 2.24) is 15.2 Å². The average molecular weight is 408 g/mol. The first-order valence-electron chi connectivity index (χ1n) is 10.7. The van der Waals surface area contributed by atoms with Crippen LogP contribution in [0.5, 0.6) is 0 Å². The Hall–Kier alpha value is -2.73. The highest BCUT2D eigenvalue weighted by molar-refractivity contribution is 6.02. The molecule has 158 valence electrons. The van der Waals surface area contributed by atoms with Crippen LogP contribution in [0.3, 0.4) is 0 Å². The summed E-state index contributed by atoms with van der Waals surface area (Å²) >= 11 is 0. The number of H-pyrrole nitrogens is 1. The van der Waals surface area contributed by atoms with Crippen LogP contribution in [-0.4, -0.2) is 41.2 Å². The smallest absolute Gasteiger partial charge is 0.261 e. The molecular weight excluding hydrogens is 378 g/mol. The van der Waals surface area contributed by atoms with E-state index >= 15 is 0 Å². The number of fused-ring (bicyclic) bond motifs is 2. The lowest BCUT2D eigenvalue weighted by molar-refractivity contribution is 0.0910. The standard InChI is InChI=1S/C24H29N3O3/c1-24(2)13-20-18(21(28)14-24)12-19(23(30)26-20)22(29)25-9-5-10-27-11-8-16-6-3-4-7-17(16)15-27/h3-4,6-7,12H,5,8-11,13-15H2,1-2H3,(H,25,29)(H,26,30). The molecule has 1 amide bonds. The summed E-state index contributed by atoms with van der Waals surface area (Å²) in [6, 6.07) is 10.00. The molecule has 4 rings (SSSR count). The molecule has 0 bridgehead atoms. The maximum Gasteiger partial charge on any atom is 0.261 e. The van der Waals surface area contributed by atoms with Crippen molar-refractivity contribution in [2.45, 2.75) is 46.1 Å². The molecule has 0 fully saturated rings. The molecule has 0 atom stereocenters. The van der Waals surface area contributed by atoms with E-state index in [1.807, 2.05) is 13.8 Å². The van der Waals surface area contributed by atoms with Gasteiger partial charge in [-0.1, -0.05) is 38.1 Å². The molecule has 0 saturated carbocycles. The first-order chi connectivity index (χ1) is 14.3. The molecule has 0 spiro atoms. The molecule has 0 radical (unpaired) electrons. The van der Waals surface area contributed by atoms with Crippen molar-refractivity contribution in [3.63, 3.8) is 0 Å². The van der Waals surface area contributed by atoms with Gasteiger partial charge in [-0.25, -0.2) is 0 Å². The van der Waals surface area contributed by atoms with Gasteiger partial charge in [-0.05, 0) is 41.9 Å². The van der Waals surface area contributed by atoms with Gasteiger partial charge in [0.2, 0.25) is 0 Å². The minimum absolute atomic E-state index is 0.0167. The number of nitrogens with one attached hydrogen (secondary N) is 2. The van der Waals surface area contributed by atoms with Gasteiger partial charge >= 0.3 is 0 Å². The number of aromatic nitrogens is 1. The molecule has 1 aromatic carbocycles. The Bertz CT molecular complexity index is 1040. The number of nitrogens with zero attached hydrogens (tertiary/aromatic N) is 1. The number of rotatable bonds is 5. The van der Waals surface area contributed by atoms with E-state index in [1.165, 1.54) is 17.2 Å². The topological polar surface area (TPSA) is 82.3 Å². The SMILES string of the molecule is CC1(C)CC(=O)c2cc(C(=O)NCCCN3CCc4ccccc4C3)c(=O)[nH]c2C1. The van der Waals surface area contributed by atoms with E-state index in [9.17, 15) is 14.4 Å². The molecule has 2 aromatic rings. The Kier molecular flexibility index (Phi) is 5.60.